The average Bonchev–Trinajstić information content (AvgIpc) is 2.51. The first-order valence-electron chi connectivity index (χ1n) is 5.24. The first kappa shape index (κ1) is 9.71. The van der Waals surface area contributed by atoms with Crippen molar-refractivity contribution in [2.45, 2.75) is 26.8 Å². The number of nitrogens with zero attached hydrogens (tertiary/aromatic N) is 2. The first-order valence-corrected chi connectivity index (χ1v) is 5.24. The molecule has 3 nitrogen and oxygen atoms in total. The third-order valence-electron chi connectivity index (χ3n) is 2.73. The van der Waals surface area contributed by atoms with Crippen molar-refractivity contribution in [1.82, 2.24) is 9.55 Å². The largest absolute Gasteiger partial charge is 0.380 e. The van der Waals surface area contributed by atoms with Crippen molar-refractivity contribution in [3.8, 4) is 0 Å². The minimum Gasteiger partial charge on any atom is -0.380 e. The highest BCUT2D eigenvalue weighted by Gasteiger charge is 2.39. The van der Waals surface area contributed by atoms with Crippen LogP contribution in [0.5, 0.6) is 0 Å². The summed E-state index contributed by atoms with van der Waals surface area (Å²) >= 11 is 0. The van der Waals surface area contributed by atoms with Crippen LogP contribution in [0.2, 0.25) is 0 Å². The lowest BCUT2D eigenvalue weighted by Crippen LogP contribution is -2.46. The summed E-state index contributed by atoms with van der Waals surface area (Å²) in [6.07, 6.45) is 6.99. The fraction of sp³-hybridized carbons (Fsp3) is 0.727. The van der Waals surface area contributed by atoms with Gasteiger partial charge in [0.15, 0.2) is 0 Å². The van der Waals surface area contributed by atoms with Crippen LogP contribution >= 0.6 is 0 Å². The van der Waals surface area contributed by atoms with E-state index in [1.807, 2.05) is 18.7 Å². The Bertz CT molecular complexity index is 275. The lowest BCUT2D eigenvalue weighted by atomic mass is 9.78. The van der Waals surface area contributed by atoms with E-state index < -0.39 is 0 Å². The van der Waals surface area contributed by atoms with Gasteiger partial charge in [-0.2, -0.15) is 0 Å². The standard InChI is InChI=1S/C11H18N2O/c1-10(2)5-11(7-14-8-11)6-13-4-3-12-9-13/h3-4,9-10H,5-8H2,1-2H3. The molecular formula is C11H18N2O. The van der Waals surface area contributed by atoms with Gasteiger partial charge in [0.1, 0.15) is 0 Å². The van der Waals surface area contributed by atoms with Gasteiger partial charge in [-0.3, -0.25) is 0 Å². The molecule has 3 heteroatoms. The summed E-state index contributed by atoms with van der Waals surface area (Å²) in [5, 5.41) is 0. The fourth-order valence-corrected chi connectivity index (χ4v) is 2.30. The summed E-state index contributed by atoms with van der Waals surface area (Å²) in [4.78, 5) is 4.07. The van der Waals surface area contributed by atoms with Crippen LogP contribution in [0.1, 0.15) is 20.3 Å². The molecule has 2 rings (SSSR count). The van der Waals surface area contributed by atoms with Crippen LogP contribution in [0.25, 0.3) is 0 Å². The highest BCUT2D eigenvalue weighted by atomic mass is 16.5. The number of imidazole rings is 1. The van der Waals surface area contributed by atoms with Crippen molar-refractivity contribution in [2.75, 3.05) is 13.2 Å². The van der Waals surface area contributed by atoms with Gasteiger partial charge in [0, 0.05) is 24.4 Å². The Kier molecular flexibility index (Phi) is 2.59. The summed E-state index contributed by atoms with van der Waals surface area (Å²) in [5.74, 6) is 0.738. The zero-order valence-electron chi connectivity index (χ0n) is 8.94. The molecule has 0 atom stereocenters. The molecule has 78 valence electrons. The molecule has 1 aromatic heterocycles. The molecule has 1 fully saturated rings. The van der Waals surface area contributed by atoms with Crippen molar-refractivity contribution >= 4 is 0 Å². The van der Waals surface area contributed by atoms with Gasteiger partial charge in [0.25, 0.3) is 0 Å². The molecular weight excluding hydrogens is 176 g/mol. The predicted octanol–water partition coefficient (Wildman–Crippen LogP) is 1.95. The van der Waals surface area contributed by atoms with Gasteiger partial charge >= 0.3 is 0 Å². The van der Waals surface area contributed by atoms with Crippen LogP contribution in [0, 0.1) is 11.3 Å². The molecule has 1 aliphatic rings. The molecule has 14 heavy (non-hydrogen) atoms. The number of ether oxygens (including phenoxy) is 1. The van der Waals surface area contributed by atoms with Crippen molar-refractivity contribution in [2.24, 2.45) is 11.3 Å². The SMILES string of the molecule is CC(C)CC1(Cn2ccnc2)COC1. The van der Waals surface area contributed by atoms with Crippen LogP contribution in [-0.4, -0.2) is 22.8 Å². The Hall–Kier alpha value is -0.830. The molecule has 0 unspecified atom stereocenters. The van der Waals surface area contributed by atoms with E-state index in [0.717, 1.165) is 25.7 Å². The third kappa shape index (κ3) is 1.98. The quantitative estimate of drug-likeness (QED) is 0.732. The van der Waals surface area contributed by atoms with Gasteiger partial charge in [-0.05, 0) is 12.3 Å². The van der Waals surface area contributed by atoms with Gasteiger partial charge in [-0.1, -0.05) is 13.8 Å². The molecule has 0 aromatic carbocycles. The molecule has 2 heterocycles. The highest BCUT2D eigenvalue weighted by Crippen LogP contribution is 2.36. The Morgan fingerprint density at radius 2 is 2.29 bits per heavy atom. The van der Waals surface area contributed by atoms with Crippen molar-refractivity contribution in [1.29, 1.82) is 0 Å². The molecule has 0 aliphatic carbocycles. The Balaban J connectivity index is 1.99. The molecule has 0 saturated carbocycles. The maximum Gasteiger partial charge on any atom is 0.0946 e. The van der Waals surface area contributed by atoms with Crippen molar-refractivity contribution < 1.29 is 4.74 Å². The minimum atomic E-state index is 0.370. The van der Waals surface area contributed by atoms with Gasteiger partial charge < -0.3 is 9.30 Å². The van der Waals surface area contributed by atoms with E-state index in [4.69, 9.17) is 4.74 Å². The normalized spacial score (nSPS) is 19.6. The molecule has 0 N–H and O–H groups in total. The second-order valence-corrected chi connectivity index (χ2v) is 4.83. The highest BCUT2D eigenvalue weighted by molar-refractivity contribution is 4.89. The molecule has 0 bridgehead atoms. The summed E-state index contributed by atoms with van der Waals surface area (Å²) in [5.41, 5.74) is 0.370. The summed E-state index contributed by atoms with van der Waals surface area (Å²) in [6, 6.07) is 0. The average molecular weight is 194 g/mol. The lowest BCUT2D eigenvalue weighted by Gasteiger charge is -2.43. The van der Waals surface area contributed by atoms with Gasteiger partial charge in [-0.25, -0.2) is 4.98 Å². The van der Waals surface area contributed by atoms with E-state index in [1.165, 1.54) is 6.42 Å². The molecule has 1 aliphatic heterocycles. The van der Waals surface area contributed by atoms with Gasteiger partial charge in [-0.15, -0.1) is 0 Å². The third-order valence-corrected chi connectivity index (χ3v) is 2.73. The fourth-order valence-electron chi connectivity index (χ4n) is 2.30. The van der Waals surface area contributed by atoms with Crippen molar-refractivity contribution in [3.05, 3.63) is 18.7 Å². The zero-order valence-corrected chi connectivity index (χ0v) is 8.94. The van der Waals surface area contributed by atoms with Crippen LogP contribution < -0.4 is 0 Å². The van der Waals surface area contributed by atoms with Crippen LogP contribution in [0.4, 0.5) is 0 Å². The maximum absolute atomic E-state index is 5.35. The molecule has 1 saturated heterocycles. The second kappa shape index (κ2) is 3.73. The summed E-state index contributed by atoms with van der Waals surface area (Å²) in [7, 11) is 0. The lowest BCUT2D eigenvalue weighted by molar-refractivity contribution is -0.131. The van der Waals surface area contributed by atoms with E-state index in [1.54, 1.807) is 0 Å². The monoisotopic (exact) mass is 194 g/mol. The van der Waals surface area contributed by atoms with E-state index in [0.29, 0.717) is 5.41 Å². The first-order chi connectivity index (χ1) is 6.70. The topological polar surface area (TPSA) is 27.1 Å². The summed E-state index contributed by atoms with van der Waals surface area (Å²) in [6.45, 7) is 7.40. The van der Waals surface area contributed by atoms with E-state index in [9.17, 15) is 0 Å². The number of aromatic nitrogens is 2. The Morgan fingerprint density at radius 1 is 1.50 bits per heavy atom. The molecule has 0 spiro atoms. The number of rotatable bonds is 4. The number of hydrogen-bond acceptors (Lipinski definition) is 2. The van der Waals surface area contributed by atoms with Crippen LogP contribution in [0.3, 0.4) is 0 Å². The van der Waals surface area contributed by atoms with Crippen LogP contribution in [0.15, 0.2) is 18.7 Å². The minimum absolute atomic E-state index is 0.370. The van der Waals surface area contributed by atoms with E-state index in [-0.39, 0.29) is 0 Å². The van der Waals surface area contributed by atoms with Crippen LogP contribution in [-0.2, 0) is 11.3 Å². The molecule has 0 amide bonds. The molecule has 0 radical (unpaired) electrons. The zero-order chi connectivity index (χ0) is 10.0. The van der Waals surface area contributed by atoms with Crippen molar-refractivity contribution in [3.63, 3.8) is 0 Å². The second-order valence-electron chi connectivity index (χ2n) is 4.83. The maximum atomic E-state index is 5.35. The smallest absolute Gasteiger partial charge is 0.0946 e. The Labute approximate surface area is 85.1 Å². The van der Waals surface area contributed by atoms with Gasteiger partial charge in [0.2, 0.25) is 0 Å². The molecule has 1 aromatic rings. The van der Waals surface area contributed by atoms with E-state index >= 15 is 0 Å². The summed E-state index contributed by atoms with van der Waals surface area (Å²) < 4.78 is 7.51. The van der Waals surface area contributed by atoms with Gasteiger partial charge in [0.05, 0.1) is 19.5 Å². The Morgan fingerprint density at radius 3 is 2.71 bits per heavy atom. The predicted molar refractivity (Wildman–Crippen MR) is 54.9 cm³/mol. The number of hydrogen-bond donors (Lipinski definition) is 0. The van der Waals surface area contributed by atoms with E-state index in [2.05, 4.69) is 23.4 Å².